The van der Waals surface area contributed by atoms with E-state index in [2.05, 4.69) is 20.8 Å². The van der Waals surface area contributed by atoms with Crippen LogP contribution in [0.15, 0.2) is 28.8 Å². The molecule has 0 unspecified atom stereocenters. The maximum absolute atomic E-state index is 12.6. The van der Waals surface area contributed by atoms with Crippen molar-refractivity contribution in [1.82, 2.24) is 20.8 Å². The number of hydrogen-bond donors (Lipinski definition) is 2. The fourth-order valence-corrected chi connectivity index (χ4v) is 2.26. The van der Waals surface area contributed by atoms with Crippen molar-refractivity contribution >= 4 is 12.0 Å². The van der Waals surface area contributed by atoms with E-state index < -0.39 is 11.7 Å². The highest BCUT2D eigenvalue weighted by Crippen LogP contribution is 2.26. The van der Waals surface area contributed by atoms with Gasteiger partial charge in [-0.1, -0.05) is 38.1 Å². The van der Waals surface area contributed by atoms with Gasteiger partial charge in [-0.05, 0) is 32.9 Å². The van der Waals surface area contributed by atoms with Crippen LogP contribution in [0.25, 0.3) is 11.5 Å². The van der Waals surface area contributed by atoms with Gasteiger partial charge in [-0.25, -0.2) is 4.79 Å². The van der Waals surface area contributed by atoms with Gasteiger partial charge in [0.25, 0.3) is 11.8 Å². The smallest absolute Gasteiger partial charge is 0.407 e. The van der Waals surface area contributed by atoms with Crippen LogP contribution >= 0.6 is 0 Å². The molecular weight excluding hydrogens is 360 g/mol. The van der Waals surface area contributed by atoms with Crippen LogP contribution in [0.3, 0.4) is 0 Å². The normalized spacial score (nSPS) is 11.8. The standard InChI is InChI=1S/C20H28N4O4/c1-19(2,3)17-23-16(28-24-17)14-10-8-7-9-13(14)15(25)21-11-12-22-18(26)27-20(4,5)6/h7-10H,11-12H2,1-6H3,(H,21,25)(H,22,26). The summed E-state index contributed by atoms with van der Waals surface area (Å²) < 4.78 is 10.5. The Morgan fingerprint density at radius 1 is 1.04 bits per heavy atom. The van der Waals surface area contributed by atoms with Crippen LogP contribution in [0.2, 0.25) is 0 Å². The second kappa shape index (κ2) is 8.41. The van der Waals surface area contributed by atoms with E-state index >= 15 is 0 Å². The van der Waals surface area contributed by atoms with Crippen molar-refractivity contribution in [2.24, 2.45) is 0 Å². The summed E-state index contributed by atoms with van der Waals surface area (Å²) in [5.41, 5.74) is 0.154. The summed E-state index contributed by atoms with van der Waals surface area (Å²) in [4.78, 5) is 28.6. The predicted octanol–water partition coefficient (Wildman–Crippen LogP) is 3.29. The molecule has 28 heavy (non-hydrogen) atoms. The van der Waals surface area contributed by atoms with Crippen LogP contribution in [0.5, 0.6) is 0 Å². The van der Waals surface area contributed by atoms with E-state index in [0.29, 0.717) is 22.8 Å². The maximum Gasteiger partial charge on any atom is 0.407 e. The molecule has 2 N–H and O–H groups in total. The van der Waals surface area contributed by atoms with Gasteiger partial charge in [0.1, 0.15) is 5.60 Å². The molecular formula is C20H28N4O4. The number of rotatable bonds is 5. The summed E-state index contributed by atoms with van der Waals surface area (Å²) >= 11 is 0. The van der Waals surface area contributed by atoms with Gasteiger partial charge in [0.15, 0.2) is 5.82 Å². The summed E-state index contributed by atoms with van der Waals surface area (Å²) in [6.45, 7) is 11.8. The number of nitrogens with one attached hydrogen (secondary N) is 2. The molecule has 0 saturated heterocycles. The monoisotopic (exact) mass is 388 g/mol. The molecule has 1 aromatic carbocycles. The van der Waals surface area contributed by atoms with Gasteiger partial charge in [-0.3, -0.25) is 4.79 Å². The Labute approximate surface area is 165 Å². The SMILES string of the molecule is CC(C)(C)OC(=O)NCCNC(=O)c1ccccc1-c1nc(C(C)(C)C)no1. The van der Waals surface area contributed by atoms with Gasteiger partial charge in [0.2, 0.25) is 0 Å². The molecule has 0 spiro atoms. The third-order valence-corrected chi connectivity index (χ3v) is 3.58. The zero-order valence-corrected chi connectivity index (χ0v) is 17.3. The first kappa shape index (κ1) is 21.4. The maximum atomic E-state index is 12.6. The lowest BCUT2D eigenvalue weighted by atomic mass is 9.96. The van der Waals surface area contributed by atoms with Crippen molar-refractivity contribution in [3.8, 4) is 11.5 Å². The number of amides is 2. The quantitative estimate of drug-likeness (QED) is 0.761. The molecule has 0 radical (unpaired) electrons. The van der Waals surface area contributed by atoms with Gasteiger partial charge in [-0.15, -0.1) is 0 Å². The van der Waals surface area contributed by atoms with Crippen molar-refractivity contribution in [3.63, 3.8) is 0 Å². The minimum Gasteiger partial charge on any atom is -0.444 e. The molecule has 8 nitrogen and oxygen atoms in total. The van der Waals surface area contributed by atoms with Crippen molar-refractivity contribution in [2.45, 2.75) is 52.6 Å². The molecule has 0 atom stereocenters. The van der Waals surface area contributed by atoms with E-state index in [4.69, 9.17) is 9.26 Å². The van der Waals surface area contributed by atoms with E-state index in [9.17, 15) is 9.59 Å². The average Bonchev–Trinajstić information content (AvgIpc) is 3.07. The highest BCUT2D eigenvalue weighted by atomic mass is 16.6. The molecule has 8 heteroatoms. The van der Waals surface area contributed by atoms with Crippen molar-refractivity contribution in [3.05, 3.63) is 35.7 Å². The highest BCUT2D eigenvalue weighted by Gasteiger charge is 2.23. The van der Waals surface area contributed by atoms with Crippen molar-refractivity contribution < 1.29 is 18.8 Å². The Morgan fingerprint density at radius 3 is 2.29 bits per heavy atom. The lowest BCUT2D eigenvalue weighted by Crippen LogP contribution is -2.37. The summed E-state index contributed by atoms with van der Waals surface area (Å²) in [7, 11) is 0. The Hall–Kier alpha value is -2.90. The molecule has 0 aliphatic carbocycles. The number of carbonyl (C=O) groups excluding carboxylic acids is 2. The summed E-state index contributed by atoms with van der Waals surface area (Å²) in [6, 6.07) is 7.01. The fraction of sp³-hybridized carbons (Fsp3) is 0.500. The second-order valence-electron chi connectivity index (χ2n) is 8.40. The molecule has 1 aromatic heterocycles. The average molecular weight is 388 g/mol. The number of carbonyl (C=O) groups is 2. The molecule has 152 valence electrons. The summed E-state index contributed by atoms with van der Waals surface area (Å²) in [6.07, 6.45) is -0.525. The molecule has 0 saturated carbocycles. The lowest BCUT2D eigenvalue weighted by molar-refractivity contribution is 0.0526. The zero-order chi connectivity index (χ0) is 20.9. The summed E-state index contributed by atoms with van der Waals surface area (Å²) in [5.74, 6) is 0.568. The van der Waals surface area contributed by atoms with Crippen LogP contribution in [-0.4, -0.2) is 40.8 Å². The van der Waals surface area contributed by atoms with E-state index in [1.807, 2.05) is 20.8 Å². The Bertz CT molecular complexity index is 831. The van der Waals surface area contributed by atoms with E-state index in [0.717, 1.165) is 0 Å². The van der Waals surface area contributed by atoms with Crippen LogP contribution in [0.1, 0.15) is 57.7 Å². The zero-order valence-electron chi connectivity index (χ0n) is 17.3. The largest absolute Gasteiger partial charge is 0.444 e. The number of alkyl carbamates (subject to hydrolysis) is 1. The molecule has 2 aromatic rings. The van der Waals surface area contributed by atoms with Crippen LogP contribution < -0.4 is 10.6 Å². The van der Waals surface area contributed by atoms with Crippen LogP contribution in [-0.2, 0) is 10.2 Å². The van der Waals surface area contributed by atoms with E-state index in [-0.39, 0.29) is 24.4 Å². The predicted molar refractivity (Wildman–Crippen MR) is 105 cm³/mol. The molecule has 0 aliphatic heterocycles. The number of hydrogen-bond acceptors (Lipinski definition) is 6. The van der Waals surface area contributed by atoms with Gasteiger partial charge in [-0.2, -0.15) is 4.98 Å². The van der Waals surface area contributed by atoms with E-state index in [1.54, 1.807) is 45.0 Å². The Kier molecular flexibility index (Phi) is 6.43. The first-order chi connectivity index (χ1) is 13.0. The van der Waals surface area contributed by atoms with Crippen LogP contribution in [0, 0.1) is 0 Å². The number of nitrogens with zero attached hydrogens (tertiary/aromatic N) is 2. The minimum absolute atomic E-state index is 0.248. The van der Waals surface area contributed by atoms with Crippen molar-refractivity contribution in [1.29, 1.82) is 0 Å². The molecule has 1 heterocycles. The second-order valence-corrected chi connectivity index (χ2v) is 8.40. The third-order valence-electron chi connectivity index (χ3n) is 3.58. The molecule has 0 aliphatic rings. The molecule has 0 bridgehead atoms. The van der Waals surface area contributed by atoms with Crippen molar-refractivity contribution in [2.75, 3.05) is 13.1 Å². The highest BCUT2D eigenvalue weighted by molar-refractivity contribution is 5.99. The molecule has 0 fully saturated rings. The fourth-order valence-electron chi connectivity index (χ4n) is 2.26. The van der Waals surface area contributed by atoms with Gasteiger partial charge in [0.05, 0.1) is 11.1 Å². The van der Waals surface area contributed by atoms with Crippen LogP contribution in [0.4, 0.5) is 4.79 Å². The summed E-state index contributed by atoms with van der Waals surface area (Å²) in [5, 5.41) is 9.37. The first-order valence-corrected chi connectivity index (χ1v) is 9.16. The lowest BCUT2D eigenvalue weighted by Gasteiger charge is -2.19. The third kappa shape index (κ3) is 6.07. The number of aromatic nitrogens is 2. The Balaban J connectivity index is 1.99. The topological polar surface area (TPSA) is 106 Å². The van der Waals surface area contributed by atoms with Gasteiger partial charge in [0, 0.05) is 18.5 Å². The minimum atomic E-state index is -0.567. The Morgan fingerprint density at radius 2 is 1.68 bits per heavy atom. The van der Waals surface area contributed by atoms with Gasteiger partial charge < -0.3 is 19.9 Å². The number of ether oxygens (including phenoxy) is 1. The molecule has 2 rings (SSSR count). The van der Waals surface area contributed by atoms with E-state index in [1.165, 1.54) is 0 Å². The first-order valence-electron chi connectivity index (χ1n) is 9.16. The molecule has 2 amide bonds. The number of benzene rings is 1. The van der Waals surface area contributed by atoms with Gasteiger partial charge >= 0.3 is 6.09 Å².